The maximum absolute atomic E-state index is 11.9. The van der Waals surface area contributed by atoms with E-state index in [9.17, 15) is 18.0 Å². The Morgan fingerprint density at radius 3 is 2.54 bits per heavy atom. The zero-order valence-electron chi connectivity index (χ0n) is 13.6. The Morgan fingerprint density at radius 1 is 1.25 bits per heavy atom. The van der Waals surface area contributed by atoms with Crippen molar-refractivity contribution in [2.45, 2.75) is 26.4 Å². The van der Waals surface area contributed by atoms with Crippen molar-refractivity contribution in [2.75, 3.05) is 24.2 Å². The van der Waals surface area contributed by atoms with Crippen LogP contribution in [-0.2, 0) is 30.8 Å². The summed E-state index contributed by atoms with van der Waals surface area (Å²) in [6.07, 6.45) is -0.316. The molecular weight excluding hydrogens is 336 g/mol. The van der Waals surface area contributed by atoms with Crippen LogP contribution in [0.2, 0.25) is 0 Å². The predicted molar refractivity (Wildman–Crippen MR) is 89.3 cm³/mol. The van der Waals surface area contributed by atoms with Crippen LogP contribution in [0.25, 0.3) is 0 Å². The van der Waals surface area contributed by atoms with Crippen LogP contribution >= 0.6 is 0 Å². The van der Waals surface area contributed by atoms with Gasteiger partial charge in [-0.25, -0.2) is 13.1 Å². The van der Waals surface area contributed by atoms with Gasteiger partial charge in [0, 0.05) is 5.69 Å². The standard InChI is InChI=1S/C15H22N2O6S/c1-11(2)23-7-8-24(21,22)16-10-14(18)17-13-6-4-3-5-12(13)9-15(19)20/h3-6,11,16H,7-10H2,1-2H3,(H,17,18)(H,19,20). The molecule has 0 fully saturated rings. The van der Waals surface area contributed by atoms with Crippen LogP contribution in [0.15, 0.2) is 24.3 Å². The first-order valence-corrected chi connectivity index (χ1v) is 9.03. The van der Waals surface area contributed by atoms with E-state index >= 15 is 0 Å². The van der Waals surface area contributed by atoms with E-state index in [0.717, 1.165) is 0 Å². The van der Waals surface area contributed by atoms with Crippen molar-refractivity contribution in [1.29, 1.82) is 0 Å². The number of benzene rings is 1. The highest BCUT2D eigenvalue weighted by molar-refractivity contribution is 7.89. The summed E-state index contributed by atoms with van der Waals surface area (Å²) in [5.41, 5.74) is 0.777. The smallest absolute Gasteiger partial charge is 0.307 e. The van der Waals surface area contributed by atoms with E-state index in [0.29, 0.717) is 11.3 Å². The lowest BCUT2D eigenvalue weighted by Gasteiger charge is -2.11. The molecule has 1 amide bonds. The summed E-state index contributed by atoms with van der Waals surface area (Å²) in [5, 5.41) is 11.3. The van der Waals surface area contributed by atoms with Crippen LogP contribution in [0, 0.1) is 0 Å². The van der Waals surface area contributed by atoms with Crippen molar-refractivity contribution in [2.24, 2.45) is 0 Å². The number of amides is 1. The van der Waals surface area contributed by atoms with Crippen molar-refractivity contribution >= 4 is 27.6 Å². The van der Waals surface area contributed by atoms with Crippen molar-refractivity contribution < 1.29 is 27.9 Å². The summed E-state index contributed by atoms with van der Waals surface area (Å²) >= 11 is 0. The lowest BCUT2D eigenvalue weighted by molar-refractivity contribution is -0.136. The van der Waals surface area contributed by atoms with Gasteiger partial charge in [-0.15, -0.1) is 0 Å². The predicted octanol–water partition coefficient (Wildman–Crippen LogP) is 0.597. The van der Waals surface area contributed by atoms with Crippen LogP contribution in [0.4, 0.5) is 5.69 Å². The number of hydrogen-bond donors (Lipinski definition) is 3. The van der Waals surface area contributed by atoms with Gasteiger partial charge in [0.2, 0.25) is 15.9 Å². The number of rotatable bonds is 10. The summed E-state index contributed by atoms with van der Waals surface area (Å²) in [7, 11) is -3.62. The molecule has 0 aliphatic heterocycles. The highest BCUT2D eigenvalue weighted by Crippen LogP contribution is 2.15. The van der Waals surface area contributed by atoms with Gasteiger partial charge in [0.1, 0.15) is 0 Å². The van der Waals surface area contributed by atoms with Gasteiger partial charge in [-0.3, -0.25) is 9.59 Å². The number of aliphatic carboxylic acids is 1. The molecule has 0 aromatic heterocycles. The van der Waals surface area contributed by atoms with Gasteiger partial charge < -0.3 is 15.2 Å². The average Bonchev–Trinajstić information content (AvgIpc) is 2.46. The Balaban J connectivity index is 2.53. The number of para-hydroxylation sites is 1. The largest absolute Gasteiger partial charge is 0.481 e. The zero-order chi connectivity index (χ0) is 18.2. The Morgan fingerprint density at radius 2 is 1.92 bits per heavy atom. The van der Waals surface area contributed by atoms with Crippen LogP contribution < -0.4 is 10.0 Å². The van der Waals surface area contributed by atoms with Gasteiger partial charge in [0.15, 0.2) is 0 Å². The molecule has 0 saturated carbocycles. The summed E-state index contributed by atoms with van der Waals surface area (Å²) in [5.74, 6) is -1.85. The molecule has 0 radical (unpaired) electrons. The minimum atomic E-state index is -3.62. The molecule has 9 heteroatoms. The highest BCUT2D eigenvalue weighted by atomic mass is 32.2. The average molecular weight is 358 g/mol. The Hall–Kier alpha value is -1.97. The third-order valence-electron chi connectivity index (χ3n) is 2.89. The molecule has 0 aliphatic rings. The molecule has 0 aliphatic carbocycles. The fourth-order valence-corrected chi connectivity index (χ4v) is 2.61. The molecule has 1 aromatic rings. The van der Waals surface area contributed by atoms with Crippen LogP contribution in [0.1, 0.15) is 19.4 Å². The Labute approximate surface area is 141 Å². The third kappa shape index (κ3) is 8.04. The van der Waals surface area contributed by atoms with E-state index in [1.165, 1.54) is 0 Å². The summed E-state index contributed by atoms with van der Waals surface area (Å²) in [6, 6.07) is 6.44. The first-order chi connectivity index (χ1) is 11.2. The SMILES string of the molecule is CC(C)OCCS(=O)(=O)NCC(=O)Nc1ccccc1CC(=O)O. The van der Waals surface area contributed by atoms with Crippen molar-refractivity contribution in [3.63, 3.8) is 0 Å². The number of carboxylic acids is 1. The summed E-state index contributed by atoms with van der Waals surface area (Å²) in [4.78, 5) is 22.7. The van der Waals surface area contributed by atoms with Crippen molar-refractivity contribution in [3.8, 4) is 0 Å². The third-order valence-corrected chi connectivity index (χ3v) is 4.18. The molecule has 1 aromatic carbocycles. The molecule has 0 bridgehead atoms. The van der Waals surface area contributed by atoms with Crippen LogP contribution in [-0.4, -0.2) is 50.4 Å². The zero-order valence-corrected chi connectivity index (χ0v) is 14.4. The molecular formula is C15H22N2O6S. The lowest BCUT2D eigenvalue weighted by Crippen LogP contribution is -2.35. The van der Waals surface area contributed by atoms with Crippen molar-refractivity contribution in [3.05, 3.63) is 29.8 Å². The van der Waals surface area contributed by atoms with E-state index in [1.807, 2.05) is 0 Å². The molecule has 0 atom stereocenters. The minimum absolute atomic E-state index is 0.0378. The molecule has 1 rings (SSSR count). The number of sulfonamides is 1. The monoisotopic (exact) mass is 358 g/mol. The molecule has 0 spiro atoms. The fourth-order valence-electron chi connectivity index (χ4n) is 1.79. The van der Waals surface area contributed by atoms with E-state index in [-0.39, 0.29) is 24.9 Å². The number of anilines is 1. The molecule has 0 unspecified atom stereocenters. The molecule has 8 nitrogen and oxygen atoms in total. The normalized spacial score (nSPS) is 11.5. The van der Waals surface area contributed by atoms with Gasteiger partial charge >= 0.3 is 5.97 Å². The maximum Gasteiger partial charge on any atom is 0.307 e. The van der Waals surface area contributed by atoms with E-state index in [4.69, 9.17) is 9.84 Å². The van der Waals surface area contributed by atoms with Crippen molar-refractivity contribution in [1.82, 2.24) is 4.72 Å². The second-order valence-electron chi connectivity index (χ2n) is 5.34. The maximum atomic E-state index is 11.9. The van der Waals surface area contributed by atoms with E-state index < -0.39 is 28.4 Å². The Kier molecular flexibility index (Phi) is 7.83. The van der Waals surface area contributed by atoms with Gasteiger partial charge in [0.05, 0.1) is 31.4 Å². The first-order valence-electron chi connectivity index (χ1n) is 7.38. The second-order valence-corrected chi connectivity index (χ2v) is 7.26. The molecule has 0 saturated heterocycles. The molecule has 0 heterocycles. The Bertz CT molecular complexity index is 672. The van der Waals surface area contributed by atoms with Gasteiger partial charge in [-0.1, -0.05) is 18.2 Å². The summed E-state index contributed by atoms with van der Waals surface area (Å²) < 4.78 is 30.8. The van der Waals surface area contributed by atoms with Gasteiger partial charge in [-0.2, -0.15) is 0 Å². The number of nitrogens with one attached hydrogen (secondary N) is 2. The lowest BCUT2D eigenvalue weighted by atomic mass is 10.1. The summed E-state index contributed by atoms with van der Waals surface area (Å²) in [6.45, 7) is 3.19. The number of hydrogen-bond acceptors (Lipinski definition) is 5. The molecule has 3 N–H and O–H groups in total. The van der Waals surface area contributed by atoms with Crippen LogP contribution in [0.5, 0.6) is 0 Å². The second kappa shape index (κ2) is 9.36. The van der Waals surface area contributed by atoms with Crippen LogP contribution in [0.3, 0.4) is 0 Å². The van der Waals surface area contributed by atoms with Gasteiger partial charge in [-0.05, 0) is 25.5 Å². The number of carboxylic acid groups (broad SMARTS) is 1. The molecule has 134 valence electrons. The van der Waals surface area contributed by atoms with Gasteiger partial charge in [0.25, 0.3) is 0 Å². The highest BCUT2D eigenvalue weighted by Gasteiger charge is 2.14. The quantitative estimate of drug-likeness (QED) is 0.563. The number of ether oxygens (including phenoxy) is 1. The molecule has 24 heavy (non-hydrogen) atoms. The van der Waals surface area contributed by atoms with E-state index in [2.05, 4.69) is 10.0 Å². The minimum Gasteiger partial charge on any atom is -0.481 e. The number of carbonyl (C=O) groups is 2. The topological polar surface area (TPSA) is 122 Å². The first kappa shape index (κ1) is 20.1. The number of carbonyl (C=O) groups excluding carboxylic acids is 1. The fraction of sp³-hybridized carbons (Fsp3) is 0.467. The van der Waals surface area contributed by atoms with E-state index in [1.54, 1.807) is 38.1 Å².